The minimum atomic E-state index is -0.158. The molecule has 2 atom stereocenters. The highest BCUT2D eigenvalue weighted by Crippen LogP contribution is 2.54. The molecular formula is C26H36N4O2. The highest BCUT2D eigenvalue weighted by molar-refractivity contribution is 5.93. The minimum absolute atomic E-state index is 0.0265. The summed E-state index contributed by atoms with van der Waals surface area (Å²) < 4.78 is 1.76. The summed E-state index contributed by atoms with van der Waals surface area (Å²) >= 11 is 0. The van der Waals surface area contributed by atoms with Crippen LogP contribution in [0.5, 0.6) is 0 Å². The number of carbonyl (C=O) groups is 2. The van der Waals surface area contributed by atoms with E-state index in [4.69, 9.17) is 0 Å². The van der Waals surface area contributed by atoms with Crippen molar-refractivity contribution < 1.29 is 9.59 Å². The number of likely N-dealkylation sites (N-methyl/N-ethyl adjacent to an activating group) is 1. The Kier molecular flexibility index (Phi) is 7.54. The van der Waals surface area contributed by atoms with Crippen molar-refractivity contribution in [2.24, 2.45) is 17.3 Å². The van der Waals surface area contributed by atoms with Crippen molar-refractivity contribution in [1.29, 1.82) is 0 Å². The Bertz CT molecular complexity index is 1020. The molecule has 0 radical (unpaired) electrons. The Labute approximate surface area is 191 Å². The van der Waals surface area contributed by atoms with Crippen LogP contribution in [0.15, 0.2) is 48.7 Å². The van der Waals surface area contributed by atoms with Gasteiger partial charge in [0.25, 0.3) is 5.91 Å². The summed E-state index contributed by atoms with van der Waals surface area (Å²) in [5.41, 5.74) is 2.00. The average Bonchev–Trinajstić information content (AvgIpc) is 3.18. The van der Waals surface area contributed by atoms with Crippen LogP contribution in [0.4, 0.5) is 0 Å². The van der Waals surface area contributed by atoms with Gasteiger partial charge in [-0.1, -0.05) is 58.1 Å². The zero-order valence-electron chi connectivity index (χ0n) is 20.0. The average molecular weight is 437 g/mol. The van der Waals surface area contributed by atoms with Crippen LogP contribution in [0.3, 0.4) is 0 Å². The molecule has 0 aromatic carbocycles. The third kappa shape index (κ3) is 5.67. The molecule has 6 heteroatoms. The van der Waals surface area contributed by atoms with Gasteiger partial charge in [0.05, 0.1) is 12.1 Å². The van der Waals surface area contributed by atoms with Crippen LogP contribution in [0.2, 0.25) is 0 Å². The number of hydrogen-bond donors (Lipinski definition) is 1. The lowest BCUT2D eigenvalue weighted by atomic mass is 10.0. The van der Waals surface area contributed by atoms with Gasteiger partial charge in [0.2, 0.25) is 5.91 Å². The summed E-state index contributed by atoms with van der Waals surface area (Å²) in [6.45, 7) is 9.75. The maximum Gasteiger partial charge on any atom is 0.268 e. The van der Waals surface area contributed by atoms with Crippen molar-refractivity contribution >= 4 is 17.5 Å². The lowest BCUT2D eigenvalue weighted by Gasteiger charge is -2.18. The maximum atomic E-state index is 12.8. The molecule has 0 spiro atoms. The second-order valence-corrected chi connectivity index (χ2v) is 9.36. The van der Waals surface area contributed by atoms with E-state index < -0.39 is 0 Å². The molecule has 0 aliphatic heterocycles. The van der Waals surface area contributed by atoms with Gasteiger partial charge in [0, 0.05) is 31.7 Å². The summed E-state index contributed by atoms with van der Waals surface area (Å²) in [6.07, 6.45) is 13.0. The van der Waals surface area contributed by atoms with Crippen LogP contribution in [0, 0.1) is 17.3 Å². The van der Waals surface area contributed by atoms with Crippen molar-refractivity contribution in [1.82, 2.24) is 19.6 Å². The van der Waals surface area contributed by atoms with Crippen molar-refractivity contribution in [2.45, 2.75) is 47.0 Å². The maximum absolute atomic E-state index is 12.8. The number of carbonyl (C=O) groups excluding carboxylic acids is 2. The van der Waals surface area contributed by atoms with E-state index in [1.165, 1.54) is 0 Å². The third-order valence-corrected chi connectivity index (χ3v) is 6.06. The molecule has 1 N–H and O–H groups in total. The number of imidazole rings is 1. The molecule has 1 aliphatic rings. The molecule has 2 amide bonds. The molecule has 1 aliphatic carbocycles. The summed E-state index contributed by atoms with van der Waals surface area (Å²) in [7, 11) is 1.81. The molecule has 0 saturated heterocycles. The SMILES string of the molecule is CC/C=C\C1(/C=C/CNC(=O)c2cccc3nc(CC(=O)N(C)CC(C)C)cn23)CC1C. The summed E-state index contributed by atoms with van der Waals surface area (Å²) in [5.74, 6) is 0.931. The number of nitrogens with zero attached hydrogens (tertiary/aromatic N) is 3. The lowest BCUT2D eigenvalue weighted by molar-refractivity contribution is -0.129. The van der Waals surface area contributed by atoms with Crippen LogP contribution >= 0.6 is 0 Å². The molecule has 32 heavy (non-hydrogen) atoms. The zero-order chi connectivity index (χ0) is 23.3. The summed E-state index contributed by atoms with van der Waals surface area (Å²) in [6, 6.07) is 5.44. The van der Waals surface area contributed by atoms with Gasteiger partial charge in [-0.3, -0.25) is 14.0 Å². The molecule has 172 valence electrons. The molecule has 1 saturated carbocycles. The molecule has 1 fully saturated rings. The number of nitrogens with one attached hydrogen (secondary N) is 1. The second kappa shape index (κ2) is 10.2. The summed E-state index contributed by atoms with van der Waals surface area (Å²) in [4.78, 5) is 31.6. The Morgan fingerprint density at radius 1 is 1.31 bits per heavy atom. The Hall–Kier alpha value is -2.89. The monoisotopic (exact) mass is 436 g/mol. The zero-order valence-corrected chi connectivity index (χ0v) is 20.0. The van der Waals surface area contributed by atoms with Crippen LogP contribution in [0.1, 0.15) is 56.7 Å². The van der Waals surface area contributed by atoms with Gasteiger partial charge < -0.3 is 10.2 Å². The van der Waals surface area contributed by atoms with E-state index in [2.05, 4.69) is 56.2 Å². The van der Waals surface area contributed by atoms with E-state index >= 15 is 0 Å². The first-order valence-corrected chi connectivity index (χ1v) is 11.6. The smallest absolute Gasteiger partial charge is 0.268 e. The first-order valence-electron chi connectivity index (χ1n) is 11.6. The number of hydrogen-bond acceptors (Lipinski definition) is 3. The minimum Gasteiger partial charge on any atom is -0.347 e. The fourth-order valence-electron chi connectivity index (χ4n) is 4.12. The van der Waals surface area contributed by atoms with Crippen molar-refractivity contribution in [3.8, 4) is 0 Å². The van der Waals surface area contributed by atoms with Crippen molar-refractivity contribution in [3.63, 3.8) is 0 Å². The molecule has 3 rings (SSSR count). The van der Waals surface area contributed by atoms with Gasteiger partial charge in [0.1, 0.15) is 11.3 Å². The highest BCUT2D eigenvalue weighted by Gasteiger charge is 2.46. The molecule has 0 bridgehead atoms. The number of rotatable bonds is 10. The molecular weight excluding hydrogens is 400 g/mol. The predicted molar refractivity (Wildman–Crippen MR) is 128 cm³/mol. The van der Waals surface area contributed by atoms with Gasteiger partial charge in [0.15, 0.2) is 0 Å². The molecule has 2 aromatic heterocycles. The van der Waals surface area contributed by atoms with Gasteiger partial charge in [-0.2, -0.15) is 0 Å². The lowest BCUT2D eigenvalue weighted by Crippen LogP contribution is -2.31. The van der Waals surface area contributed by atoms with E-state index in [0.717, 1.165) is 12.8 Å². The molecule has 2 unspecified atom stereocenters. The first kappa shape index (κ1) is 23.8. The highest BCUT2D eigenvalue weighted by atomic mass is 16.2. The topological polar surface area (TPSA) is 66.7 Å². The number of fused-ring (bicyclic) bond motifs is 1. The van der Waals surface area contributed by atoms with Crippen LogP contribution in [-0.4, -0.2) is 46.2 Å². The van der Waals surface area contributed by atoms with Crippen LogP contribution in [0.25, 0.3) is 5.65 Å². The van der Waals surface area contributed by atoms with E-state index in [-0.39, 0.29) is 23.7 Å². The standard InChI is InChI=1S/C26H36N4O2/c1-6-7-12-26(16-20(26)4)13-9-14-27-25(32)22-10-8-11-23-28-21(18-30(22)23)15-24(31)29(5)17-19(2)3/h7-13,18-20H,6,14-17H2,1-5H3,(H,27,32)/b12-7-,13-9+. The van der Waals surface area contributed by atoms with Gasteiger partial charge >= 0.3 is 0 Å². The van der Waals surface area contributed by atoms with E-state index in [1.54, 1.807) is 21.6 Å². The normalized spacial score (nSPS) is 20.5. The Morgan fingerprint density at radius 3 is 2.69 bits per heavy atom. The number of pyridine rings is 1. The number of aromatic nitrogens is 2. The van der Waals surface area contributed by atoms with E-state index in [1.807, 2.05) is 25.3 Å². The van der Waals surface area contributed by atoms with Crippen molar-refractivity contribution in [2.75, 3.05) is 20.1 Å². The second-order valence-electron chi connectivity index (χ2n) is 9.36. The third-order valence-electron chi connectivity index (χ3n) is 6.06. The largest absolute Gasteiger partial charge is 0.347 e. The fourth-order valence-corrected chi connectivity index (χ4v) is 4.12. The van der Waals surface area contributed by atoms with Gasteiger partial charge in [-0.25, -0.2) is 4.98 Å². The Balaban J connectivity index is 1.64. The molecule has 2 aromatic rings. The summed E-state index contributed by atoms with van der Waals surface area (Å²) in [5, 5.41) is 2.98. The van der Waals surface area contributed by atoms with Gasteiger partial charge in [-0.05, 0) is 36.8 Å². The molecule has 6 nitrogen and oxygen atoms in total. The first-order chi connectivity index (χ1) is 15.3. The fraction of sp³-hybridized carbons (Fsp3) is 0.500. The Morgan fingerprint density at radius 2 is 2.03 bits per heavy atom. The van der Waals surface area contributed by atoms with Crippen molar-refractivity contribution in [3.05, 3.63) is 60.1 Å². The number of amides is 2. The molecule has 2 heterocycles. The van der Waals surface area contributed by atoms with Gasteiger partial charge in [-0.15, -0.1) is 0 Å². The quantitative estimate of drug-likeness (QED) is 0.566. The predicted octanol–water partition coefficient (Wildman–Crippen LogP) is 4.27. The van der Waals surface area contributed by atoms with E-state index in [9.17, 15) is 9.59 Å². The number of allylic oxidation sites excluding steroid dienone is 3. The van der Waals surface area contributed by atoms with Crippen LogP contribution < -0.4 is 5.32 Å². The van der Waals surface area contributed by atoms with E-state index in [0.29, 0.717) is 42.0 Å². The van der Waals surface area contributed by atoms with Crippen LogP contribution in [-0.2, 0) is 11.2 Å².